The number of aliphatic hydroxyl groups excluding tert-OH is 1. The van der Waals surface area contributed by atoms with Crippen LogP contribution in [-0.4, -0.2) is 23.9 Å². The normalized spacial score (nSPS) is 26.4. The average molecular weight is 284 g/mol. The molecule has 0 saturated heterocycles. The Morgan fingerprint density at radius 2 is 1.75 bits per heavy atom. The summed E-state index contributed by atoms with van der Waals surface area (Å²) in [4.78, 5) is 0. The second-order valence-electron chi connectivity index (χ2n) is 6.85. The molecule has 1 rings (SSSR count). The van der Waals surface area contributed by atoms with Gasteiger partial charge in [-0.1, -0.05) is 58.8 Å². The fraction of sp³-hybridized carbons (Fsp3) is 1.00. The molecular formula is C18H36O2. The van der Waals surface area contributed by atoms with Crippen molar-refractivity contribution in [3.05, 3.63) is 0 Å². The van der Waals surface area contributed by atoms with E-state index in [4.69, 9.17) is 9.84 Å². The number of hydrogen-bond acceptors (Lipinski definition) is 2. The molecule has 1 atom stereocenters. The lowest BCUT2D eigenvalue weighted by molar-refractivity contribution is -0.101. The van der Waals surface area contributed by atoms with Gasteiger partial charge in [-0.05, 0) is 38.0 Å². The van der Waals surface area contributed by atoms with Gasteiger partial charge >= 0.3 is 0 Å². The molecule has 1 N–H and O–H groups in total. The van der Waals surface area contributed by atoms with Gasteiger partial charge in [0, 0.05) is 0 Å². The summed E-state index contributed by atoms with van der Waals surface area (Å²) in [5, 5.41) is 9.03. The number of hydrogen-bond donors (Lipinski definition) is 1. The Bertz CT molecular complexity index is 234. The van der Waals surface area contributed by atoms with Crippen LogP contribution in [0.2, 0.25) is 0 Å². The van der Waals surface area contributed by atoms with Gasteiger partial charge in [0.05, 0.1) is 18.8 Å². The van der Waals surface area contributed by atoms with Crippen LogP contribution in [0.4, 0.5) is 0 Å². The van der Waals surface area contributed by atoms with Crippen molar-refractivity contribution in [1.29, 1.82) is 0 Å². The predicted molar refractivity (Wildman–Crippen MR) is 85.9 cm³/mol. The first-order chi connectivity index (χ1) is 9.66. The Hall–Kier alpha value is -0.0800. The van der Waals surface area contributed by atoms with E-state index in [0.29, 0.717) is 12.5 Å². The molecule has 0 aromatic carbocycles. The highest BCUT2D eigenvalue weighted by Crippen LogP contribution is 2.41. The third kappa shape index (κ3) is 5.73. The smallest absolute Gasteiger partial charge is 0.0705 e. The van der Waals surface area contributed by atoms with Crippen LogP contribution in [0.1, 0.15) is 85.0 Å². The van der Waals surface area contributed by atoms with Crippen LogP contribution >= 0.6 is 0 Å². The molecule has 0 aromatic rings. The Balaban J connectivity index is 2.39. The van der Waals surface area contributed by atoms with Gasteiger partial charge in [-0.15, -0.1) is 0 Å². The zero-order valence-corrected chi connectivity index (χ0v) is 14.0. The molecule has 0 radical (unpaired) electrons. The number of ether oxygens (including phenoxy) is 1. The zero-order valence-electron chi connectivity index (χ0n) is 14.0. The third-order valence-corrected chi connectivity index (χ3v) is 5.20. The third-order valence-electron chi connectivity index (χ3n) is 5.20. The molecular weight excluding hydrogens is 248 g/mol. The lowest BCUT2D eigenvalue weighted by atomic mass is 9.71. The van der Waals surface area contributed by atoms with Crippen molar-refractivity contribution >= 4 is 0 Å². The van der Waals surface area contributed by atoms with Gasteiger partial charge in [0.25, 0.3) is 0 Å². The summed E-state index contributed by atoms with van der Waals surface area (Å²) >= 11 is 0. The zero-order chi connectivity index (χ0) is 14.8. The lowest BCUT2D eigenvalue weighted by Crippen LogP contribution is -2.40. The highest BCUT2D eigenvalue weighted by atomic mass is 16.5. The van der Waals surface area contributed by atoms with Crippen molar-refractivity contribution in [3.63, 3.8) is 0 Å². The summed E-state index contributed by atoms with van der Waals surface area (Å²) in [5.74, 6) is 1.65. The largest absolute Gasteiger partial charge is 0.394 e. The van der Waals surface area contributed by atoms with Crippen molar-refractivity contribution in [3.8, 4) is 0 Å². The molecule has 1 unspecified atom stereocenters. The molecule has 0 amide bonds. The van der Waals surface area contributed by atoms with Crippen molar-refractivity contribution < 1.29 is 9.84 Å². The Kier molecular flexibility index (Phi) is 8.79. The molecule has 1 saturated carbocycles. The van der Waals surface area contributed by atoms with E-state index in [1.807, 2.05) is 0 Å². The Morgan fingerprint density at radius 1 is 1.05 bits per heavy atom. The SMILES string of the molecule is CCCCCC1CCC(C(C)(CCC)OCCO)CC1. The van der Waals surface area contributed by atoms with E-state index in [0.717, 1.165) is 12.3 Å². The molecule has 2 heteroatoms. The lowest BCUT2D eigenvalue weighted by Gasteiger charge is -2.41. The molecule has 0 heterocycles. The van der Waals surface area contributed by atoms with Crippen LogP contribution in [-0.2, 0) is 4.74 Å². The maximum absolute atomic E-state index is 9.03. The van der Waals surface area contributed by atoms with Crippen LogP contribution in [0, 0.1) is 11.8 Å². The molecule has 20 heavy (non-hydrogen) atoms. The second kappa shape index (κ2) is 9.78. The summed E-state index contributed by atoms with van der Waals surface area (Å²) in [6.45, 7) is 7.43. The van der Waals surface area contributed by atoms with Crippen LogP contribution < -0.4 is 0 Å². The van der Waals surface area contributed by atoms with Gasteiger partial charge in [-0.25, -0.2) is 0 Å². The van der Waals surface area contributed by atoms with Crippen molar-refractivity contribution in [1.82, 2.24) is 0 Å². The Labute approximate surface area is 126 Å². The number of aliphatic hydroxyl groups is 1. The van der Waals surface area contributed by atoms with Gasteiger partial charge in [-0.2, -0.15) is 0 Å². The van der Waals surface area contributed by atoms with Crippen molar-refractivity contribution in [2.75, 3.05) is 13.2 Å². The first-order valence-electron chi connectivity index (χ1n) is 8.91. The molecule has 0 aliphatic heterocycles. The highest BCUT2D eigenvalue weighted by Gasteiger charge is 2.36. The summed E-state index contributed by atoms with van der Waals surface area (Å²) in [6.07, 6.45) is 13.3. The van der Waals surface area contributed by atoms with Crippen LogP contribution in [0.25, 0.3) is 0 Å². The number of unbranched alkanes of at least 4 members (excludes halogenated alkanes) is 2. The highest BCUT2D eigenvalue weighted by molar-refractivity contribution is 4.87. The minimum absolute atomic E-state index is 0.00807. The van der Waals surface area contributed by atoms with E-state index < -0.39 is 0 Å². The quantitative estimate of drug-likeness (QED) is 0.576. The van der Waals surface area contributed by atoms with Crippen LogP contribution in [0.5, 0.6) is 0 Å². The van der Waals surface area contributed by atoms with Crippen LogP contribution in [0.3, 0.4) is 0 Å². The molecule has 1 fully saturated rings. The monoisotopic (exact) mass is 284 g/mol. The van der Waals surface area contributed by atoms with Gasteiger partial charge in [0.1, 0.15) is 0 Å². The Morgan fingerprint density at radius 3 is 2.30 bits per heavy atom. The topological polar surface area (TPSA) is 29.5 Å². The van der Waals surface area contributed by atoms with Gasteiger partial charge in [0.15, 0.2) is 0 Å². The van der Waals surface area contributed by atoms with E-state index >= 15 is 0 Å². The maximum atomic E-state index is 9.03. The molecule has 1 aliphatic rings. The fourth-order valence-electron chi connectivity index (χ4n) is 3.91. The fourth-order valence-corrected chi connectivity index (χ4v) is 3.91. The first-order valence-corrected chi connectivity index (χ1v) is 8.91. The summed E-state index contributed by atoms with van der Waals surface area (Å²) < 4.78 is 6.04. The van der Waals surface area contributed by atoms with Crippen molar-refractivity contribution in [2.24, 2.45) is 11.8 Å². The molecule has 0 spiro atoms. The minimum Gasteiger partial charge on any atom is -0.394 e. The molecule has 0 aromatic heterocycles. The van der Waals surface area contributed by atoms with E-state index in [2.05, 4.69) is 20.8 Å². The minimum atomic E-state index is -0.00807. The van der Waals surface area contributed by atoms with Gasteiger partial charge in [-0.3, -0.25) is 0 Å². The van der Waals surface area contributed by atoms with Crippen LogP contribution in [0.15, 0.2) is 0 Å². The molecule has 0 bridgehead atoms. The summed E-state index contributed by atoms with van der Waals surface area (Å²) in [7, 11) is 0. The maximum Gasteiger partial charge on any atom is 0.0705 e. The first kappa shape index (κ1) is 18.0. The van der Waals surface area contributed by atoms with Crippen molar-refractivity contribution in [2.45, 2.75) is 90.6 Å². The average Bonchev–Trinajstić information content (AvgIpc) is 2.46. The second-order valence-corrected chi connectivity index (χ2v) is 6.85. The summed E-state index contributed by atoms with van der Waals surface area (Å²) in [5.41, 5.74) is -0.00807. The number of rotatable bonds is 10. The van der Waals surface area contributed by atoms with E-state index in [-0.39, 0.29) is 12.2 Å². The molecule has 1 aliphatic carbocycles. The predicted octanol–water partition coefficient (Wildman–Crippen LogP) is 4.94. The van der Waals surface area contributed by atoms with Gasteiger partial charge in [0.2, 0.25) is 0 Å². The molecule has 2 nitrogen and oxygen atoms in total. The van der Waals surface area contributed by atoms with E-state index in [1.54, 1.807) is 0 Å². The van der Waals surface area contributed by atoms with E-state index in [9.17, 15) is 0 Å². The summed E-state index contributed by atoms with van der Waals surface area (Å²) in [6, 6.07) is 0. The van der Waals surface area contributed by atoms with E-state index in [1.165, 1.54) is 57.8 Å². The molecule has 120 valence electrons. The van der Waals surface area contributed by atoms with Gasteiger partial charge < -0.3 is 9.84 Å². The standard InChI is InChI=1S/C18H36O2/c1-4-6-7-8-16-9-11-17(12-10-16)18(3,13-5-2)20-15-14-19/h16-17,19H,4-15H2,1-3H3.